The van der Waals surface area contributed by atoms with Crippen LogP contribution in [0.1, 0.15) is 36.6 Å². The van der Waals surface area contributed by atoms with Gasteiger partial charge in [0.1, 0.15) is 18.1 Å². The van der Waals surface area contributed by atoms with E-state index in [4.69, 9.17) is 14.2 Å². The molecule has 8 rings (SSSR count). The van der Waals surface area contributed by atoms with E-state index < -0.39 is 40.6 Å². The van der Waals surface area contributed by atoms with E-state index in [1.165, 1.54) is 33.1 Å². The van der Waals surface area contributed by atoms with Gasteiger partial charge in [0.25, 0.3) is 5.56 Å². The third kappa shape index (κ3) is 5.35. The first-order valence-electron chi connectivity index (χ1n) is 18.0. The van der Waals surface area contributed by atoms with Crippen LogP contribution >= 0.6 is 0 Å². The van der Waals surface area contributed by atoms with Crippen LogP contribution in [0.4, 0.5) is 5.69 Å². The number of nitrogens with zero attached hydrogens (tertiary/aromatic N) is 6. The van der Waals surface area contributed by atoms with Crippen LogP contribution in [0, 0.1) is 11.3 Å². The topological polar surface area (TPSA) is 169 Å². The number of ether oxygens (including phenoxy) is 3. The minimum absolute atomic E-state index is 0.00806. The smallest absolute Gasteiger partial charge is 0.347 e. The van der Waals surface area contributed by atoms with Crippen LogP contribution in [0.3, 0.4) is 0 Å². The molecular formula is C40H40N6O9. The highest BCUT2D eigenvalue weighted by Gasteiger charge is 2.65. The molecule has 0 bridgehead atoms. The van der Waals surface area contributed by atoms with E-state index in [9.17, 15) is 29.1 Å². The highest BCUT2D eigenvalue weighted by Crippen LogP contribution is 2.62. The molecule has 0 spiro atoms. The van der Waals surface area contributed by atoms with Crippen molar-refractivity contribution in [1.82, 2.24) is 23.5 Å². The molecule has 4 atom stereocenters. The molecule has 1 aliphatic carbocycles. The minimum atomic E-state index is -1.28. The molecule has 3 aromatic carbocycles. The number of para-hydroxylation sites is 2. The molecule has 1 N–H and O–H groups in total. The lowest BCUT2D eigenvalue weighted by Gasteiger charge is -2.47. The number of hydrogen-bond acceptors (Lipinski definition) is 10. The average Bonchev–Trinajstić information content (AvgIpc) is 3.56. The van der Waals surface area contributed by atoms with E-state index in [-0.39, 0.29) is 56.3 Å². The fraction of sp³-hybridized carbons (Fsp3) is 0.350. The van der Waals surface area contributed by atoms with Gasteiger partial charge in [-0.25, -0.2) is 33.4 Å². The van der Waals surface area contributed by atoms with Crippen LogP contribution in [0.2, 0.25) is 0 Å². The SMILES string of the molecule is COc1cc2nc(CCn3c(=O)n4n(c3=O)[C@@H]3C[C@H]5C(=O)N(c6ccccc6)C(=O)[C@@]5(C)[C@@H](c5ccccc5OCCO)C3=CC4)c(=O)n(C)c2cc1OC. The summed E-state index contributed by atoms with van der Waals surface area (Å²) in [6.07, 6.45) is 1.95. The lowest BCUT2D eigenvalue weighted by molar-refractivity contribution is -0.129. The van der Waals surface area contributed by atoms with Crippen LogP contribution in [-0.4, -0.2) is 67.8 Å². The summed E-state index contributed by atoms with van der Waals surface area (Å²) in [5.74, 6) is -1.04. The van der Waals surface area contributed by atoms with E-state index in [0.717, 1.165) is 4.57 Å². The Hall–Kier alpha value is -6.22. The number of hydrogen-bond donors (Lipinski definition) is 1. The molecule has 2 aromatic heterocycles. The molecule has 4 heterocycles. The first-order valence-corrected chi connectivity index (χ1v) is 18.0. The molecule has 2 fully saturated rings. The number of aryl methyl sites for hydroxylation is 2. The number of allylic oxidation sites excluding steroid dienone is 2. The maximum absolute atomic E-state index is 14.7. The lowest BCUT2D eigenvalue weighted by atomic mass is 9.56. The van der Waals surface area contributed by atoms with Crippen LogP contribution in [0.25, 0.3) is 11.0 Å². The van der Waals surface area contributed by atoms with Crippen LogP contribution < -0.4 is 36.0 Å². The van der Waals surface area contributed by atoms with Gasteiger partial charge in [-0.05, 0) is 37.1 Å². The Morgan fingerprint density at radius 3 is 2.35 bits per heavy atom. The second-order valence-electron chi connectivity index (χ2n) is 14.2. The summed E-state index contributed by atoms with van der Waals surface area (Å²) in [6, 6.07) is 18.5. The second-order valence-corrected chi connectivity index (χ2v) is 14.2. The van der Waals surface area contributed by atoms with Crippen molar-refractivity contribution in [3.63, 3.8) is 0 Å². The molecule has 2 aliphatic heterocycles. The molecule has 1 saturated heterocycles. The predicted octanol–water partition coefficient (Wildman–Crippen LogP) is 2.55. The number of methoxy groups -OCH3 is 2. The quantitative estimate of drug-likeness (QED) is 0.166. The maximum Gasteiger partial charge on any atom is 0.347 e. The third-order valence-electron chi connectivity index (χ3n) is 11.4. The Kier molecular flexibility index (Phi) is 8.83. The highest BCUT2D eigenvalue weighted by molar-refractivity contribution is 6.24. The minimum Gasteiger partial charge on any atom is -0.493 e. The Morgan fingerprint density at radius 1 is 0.909 bits per heavy atom. The van der Waals surface area contributed by atoms with E-state index >= 15 is 0 Å². The van der Waals surface area contributed by atoms with Gasteiger partial charge in [-0.3, -0.25) is 14.4 Å². The van der Waals surface area contributed by atoms with Crippen molar-refractivity contribution < 1.29 is 28.9 Å². The van der Waals surface area contributed by atoms with Crippen LogP contribution in [-0.2, 0) is 36.1 Å². The number of anilines is 1. The number of aliphatic hydroxyl groups excluding tert-OH is 1. The molecule has 5 aromatic rings. The fourth-order valence-corrected chi connectivity index (χ4v) is 8.78. The van der Waals surface area contributed by atoms with Crippen LogP contribution in [0.5, 0.6) is 17.2 Å². The van der Waals surface area contributed by atoms with E-state index in [2.05, 4.69) is 4.98 Å². The van der Waals surface area contributed by atoms with Gasteiger partial charge in [-0.15, -0.1) is 0 Å². The number of benzene rings is 3. The summed E-state index contributed by atoms with van der Waals surface area (Å²) in [7, 11) is 4.61. The standard InChI is InChI=1S/C40H40N6O9/c1-40-26(35(48)45(37(40)50)23-10-6-5-7-11-23)20-29-24(34(40)25-12-8-9-13-31(25)55-19-18-47)14-17-44-38(51)43(39(52)46(29)44)16-15-27-36(49)42(2)30-22-33(54-4)32(53-3)21-28(30)41-27/h5-14,21-22,26,29,34,47H,15-20H2,1-4H3/t26-,29+,34+,40+/m0/s1. The second kappa shape index (κ2) is 13.6. The molecule has 2 amide bonds. The molecule has 1 saturated carbocycles. The Bertz CT molecular complexity index is 2590. The number of imide groups is 1. The van der Waals surface area contributed by atoms with E-state index in [1.807, 2.05) is 18.2 Å². The van der Waals surface area contributed by atoms with Crippen molar-refractivity contribution in [3.8, 4) is 17.2 Å². The number of carbonyl (C=O) groups is 2. The summed E-state index contributed by atoms with van der Waals surface area (Å²) in [5, 5.41) is 9.61. The molecule has 0 radical (unpaired) electrons. The van der Waals surface area contributed by atoms with Crippen molar-refractivity contribution in [2.75, 3.05) is 32.3 Å². The Morgan fingerprint density at radius 2 is 1.62 bits per heavy atom. The lowest BCUT2D eigenvalue weighted by Crippen LogP contribution is -2.49. The van der Waals surface area contributed by atoms with Crippen molar-refractivity contribution in [2.45, 2.75) is 44.8 Å². The number of carbonyl (C=O) groups excluding carboxylic acids is 2. The number of rotatable bonds is 10. The van der Waals surface area contributed by atoms with Crippen molar-refractivity contribution in [1.29, 1.82) is 0 Å². The van der Waals surface area contributed by atoms with Crippen molar-refractivity contribution >= 4 is 28.5 Å². The average molecular weight is 749 g/mol. The van der Waals surface area contributed by atoms with Gasteiger partial charge in [0.15, 0.2) is 11.5 Å². The predicted molar refractivity (Wildman–Crippen MR) is 201 cm³/mol. The summed E-state index contributed by atoms with van der Waals surface area (Å²) in [4.78, 5) is 76.8. The number of aromatic nitrogens is 5. The van der Waals surface area contributed by atoms with Gasteiger partial charge in [-0.1, -0.05) is 42.5 Å². The van der Waals surface area contributed by atoms with Gasteiger partial charge in [-0.2, -0.15) is 0 Å². The zero-order chi connectivity index (χ0) is 38.8. The molecule has 284 valence electrons. The van der Waals surface area contributed by atoms with Gasteiger partial charge in [0.05, 0.1) is 61.5 Å². The van der Waals surface area contributed by atoms with Crippen molar-refractivity contribution in [2.24, 2.45) is 18.4 Å². The molecule has 3 aliphatic rings. The number of fused-ring (bicyclic) bond motifs is 5. The largest absolute Gasteiger partial charge is 0.493 e. The van der Waals surface area contributed by atoms with Crippen LogP contribution in [0.15, 0.2) is 92.8 Å². The van der Waals surface area contributed by atoms with E-state index in [0.29, 0.717) is 45.1 Å². The maximum atomic E-state index is 14.7. The third-order valence-corrected chi connectivity index (χ3v) is 11.4. The molecule has 55 heavy (non-hydrogen) atoms. The zero-order valence-corrected chi connectivity index (χ0v) is 30.8. The van der Waals surface area contributed by atoms with Gasteiger partial charge >= 0.3 is 11.4 Å². The van der Waals surface area contributed by atoms with E-state index in [1.54, 1.807) is 68.6 Å². The van der Waals surface area contributed by atoms with Gasteiger partial charge in [0, 0.05) is 43.6 Å². The molecule has 0 unspecified atom stereocenters. The monoisotopic (exact) mass is 748 g/mol. The summed E-state index contributed by atoms with van der Waals surface area (Å²) >= 11 is 0. The number of aliphatic hydroxyl groups is 1. The summed E-state index contributed by atoms with van der Waals surface area (Å²) < 4.78 is 22.1. The fourth-order valence-electron chi connectivity index (χ4n) is 8.78. The van der Waals surface area contributed by atoms with Crippen molar-refractivity contribution in [3.05, 3.63) is 121 Å². The molecule has 15 nitrogen and oxygen atoms in total. The first-order chi connectivity index (χ1) is 26.5. The first kappa shape index (κ1) is 35.8. The normalized spacial score (nSPS) is 21.6. The Balaban J connectivity index is 1.21. The Labute approximate surface area is 314 Å². The number of amides is 2. The van der Waals surface area contributed by atoms with Gasteiger partial charge < -0.3 is 23.9 Å². The molecular weight excluding hydrogens is 708 g/mol. The molecule has 15 heteroatoms. The zero-order valence-electron chi connectivity index (χ0n) is 30.8. The van der Waals surface area contributed by atoms with Gasteiger partial charge in [0.2, 0.25) is 11.8 Å². The summed E-state index contributed by atoms with van der Waals surface area (Å²) in [5.41, 5.74) is 0.106. The summed E-state index contributed by atoms with van der Waals surface area (Å²) in [6.45, 7) is 1.47. The highest BCUT2D eigenvalue weighted by atomic mass is 16.5.